The van der Waals surface area contributed by atoms with Crippen molar-refractivity contribution < 1.29 is 17.9 Å². The van der Waals surface area contributed by atoms with Gasteiger partial charge in [-0.05, 0) is 37.1 Å². The minimum Gasteiger partial charge on any atom is -0.381 e. The van der Waals surface area contributed by atoms with Crippen LogP contribution in [0.1, 0.15) is 25.3 Å². The number of nitriles is 1. The number of nitrogens with one attached hydrogen (secondary N) is 2. The molecule has 27 heavy (non-hydrogen) atoms. The Balaban J connectivity index is 1.67. The maximum absolute atomic E-state index is 12.5. The minimum atomic E-state index is -3.78. The lowest BCUT2D eigenvalue weighted by molar-refractivity contribution is -0.115. The van der Waals surface area contributed by atoms with Crippen molar-refractivity contribution in [3.05, 3.63) is 36.7 Å². The Morgan fingerprint density at radius 3 is 2.63 bits per heavy atom. The van der Waals surface area contributed by atoms with Crippen molar-refractivity contribution in [1.82, 2.24) is 9.78 Å². The molecule has 1 amide bonds. The molecule has 0 radical (unpaired) electrons. The van der Waals surface area contributed by atoms with Gasteiger partial charge in [-0.2, -0.15) is 10.4 Å². The molecule has 0 atom stereocenters. The van der Waals surface area contributed by atoms with Crippen LogP contribution in [0.25, 0.3) is 0 Å². The minimum absolute atomic E-state index is 0.0552. The van der Waals surface area contributed by atoms with Gasteiger partial charge in [-0.25, -0.2) is 8.42 Å². The molecule has 1 aromatic heterocycles. The molecule has 1 aliphatic rings. The summed E-state index contributed by atoms with van der Waals surface area (Å²) in [6, 6.07) is 7.65. The Morgan fingerprint density at radius 1 is 1.26 bits per heavy atom. The average Bonchev–Trinajstić information content (AvgIpc) is 3.11. The van der Waals surface area contributed by atoms with Gasteiger partial charge in [0.2, 0.25) is 5.91 Å². The summed E-state index contributed by atoms with van der Waals surface area (Å²) < 4.78 is 34.6. The van der Waals surface area contributed by atoms with Crippen LogP contribution < -0.4 is 10.0 Å². The Hall–Kier alpha value is -2.90. The van der Waals surface area contributed by atoms with Crippen LogP contribution in [-0.2, 0) is 19.6 Å². The number of ether oxygens (including phenoxy) is 1. The number of amides is 1. The van der Waals surface area contributed by atoms with Gasteiger partial charge in [-0.1, -0.05) is 0 Å². The molecule has 9 nitrogen and oxygen atoms in total. The number of hydrogen-bond donors (Lipinski definition) is 2. The van der Waals surface area contributed by atoms with Crippen LogP contribution in [0.3, 0.4) is 0 Å². The van der Waals surface area contributed by atoms with Crippen LogP contribution in [0, 0.1) is 11.3 Å². The van der Waals surface area contributed by atoms with Crippen molar-refractivity contribution in [2.75, 3.05) is 23.3 Å². The number of rotatable bonds is 6. The van der Waals surface area contributed by atoms with E-state index in [1.807, 2.05) is 0 Å². The third-order valence-electron chi connectivity index (χ3n) is 4.11. The zero-order chi connectivity index (χ0) is 19.3. The van der Waals surface area contributed by atoms with Crippen molar-refractivity contribution in [3.8, 4) is 6.07 Å². The van der Waals surface area contributed by atoms with E-state index in [2.05, 4.69) is 15.1 Å². The Labute approximate surface area is 157 Å². The van der Waals surface area contributed by atoms with Gasteiger partial charge < -0.3 is 10.1 Å². The first kappa shape index (κ1) is 18.9. The molecule has 0 saturated carbocycles. The molecule has 1 fully saturated rings. The summed E-state index contributed by atoms with van der Waals surface area (Å²) in [7, 11) is -3.78. The summed E-state index contributed by atoms with van der Waals surface area (Å²) in [5, 5.41) is 15.2. The van der Waals surface area contributed by atoms with Crippen molar-refractivity contribution >= 4 is 27.3 Å². The Bertz CT molecular complexity index is 940. The fourth-order valence-corrected chi connectivity index (χ4v) is 3.78. The molecule has 2 aromatic rings. The summed E-state index contributed by atoms with van der Waals surface area (Å²) in [6.45, 7) is 1.34. The first-order valence-corrected chi connectivity index (χ1v) is 9.88. The number of sulfonamides is 1. The van der Waals surface area contributed by atoms with Crippen molar-refractivity contribution in [2.24, 2.45) is 0 Å². The van der Waals surface area contributed by atoms with E-state index < -0.39 is 15.9 Å². The first-order valence-electron chi connectivity index (χ1n) is 8.39. The highest BCUT2D eigenvalue weighted by molar-refractivity contribution is 7.92. The highest BCUT2D eigenvalue weighted by Crippen LogP contribution is 2.23. The predicted molar refractivity (Wildman–Crippen MR) is 97.4 cm³/mol. The summed E-state index contributed by atoms with van der Waals surface area (Å²) in [5.41, 5.74) is 0.800. The first-order chi connectivity index (χ1) is 13.0. The Morgan fingerprint density at radius 2 is 1.96 bits per heavy atom. The van der Waals surface area contributed by atoms with Crippen molar-refractivity contribution in [2.45, 2.75) is 30.2 Å². The van der Waals surface area contributed by atoms with Crippen molar-refractivity contribution in [3.63, 3.8) is 0 Å². The maximum Gasteiger partial charge on any atom is 0.261 e. The van der Waals surface area contributed by atoms with Gasteiger partial charge in [0.05, 0.1) is 28.9 Å². The van der Waals surface area contributed by atoms with E-state index in [1.165, 1.54) is 30.5 Å². The van der Waals surface area contributed by atoms with Gasteiger partial charge in [0, 0.05) is 25.1 Å². The zero-order valence-corrected chi connectivity index (χ0v) is 15.3. The second-order valence-corrected chi connectivity index (χ2v) is 7.75. The molecule has 0 unspecified atom stereocenters. The molecule has 0 spiro atoms. The van der Waals surface area contributed by atoms with Gasteiger partial charge in [-0.15, -0.1) is 0 Å². The number of anilines is 2. The normalized spacial score (nSPS) is 15.1. The molecule has 0 bridgehead atoms. The van der Waals surface area contributed by atoms with Crippen LogP contribution in [0.4, 0.5) is 11.4 Å². The molecule has 1 aromatic carbocycles. The van der Waals surface area contributed by atoms with E-state index in [9.17, 15) is 13.2 Å². The molecule has 1 aliphatic heterocycles. The van der Waals surface area contributed by atoms with Crippen molar-refractivity contribution in [1.29, 1.82) is 5.26 Å². The molecule has 0 aliphatic carbocycles. The third kappa shape index (κ3) is 4.84. The SMILES string of the molecule is N#CCC(=O)Nc1ccc(S(=O)(=O)Nc2cnn(C3CCOCC3)c2)cc1. The van der Waals surface area contributed by atoms with E-state index in [-0.39, 0.29) is 17.4 Å². The van der Waals surface area contributed by atoms with Crippen LogP contribution >= 0.6 is 0 Å². The molecule has 2 N–H and O–H groups in total. The zero-order valence-electron chi connectivity index (χ0n) is 14.5. The molecular formula is C17H19N5O4S. The molecule has 3 rings (SSSR count). The Kier molecular flexibility index (Phi) is 5.73. The molecule has 2 heterocycles. The monoisotopic (exact) mass is 389 g/mol. The summed E-state index contributed by atoms with van der Waals surface area (Å²) in [4.78, 5) is 11.4. The number of nitrogens with zero attached hydrogens (tertiary/aromatic N) is 3. The maximum atomic E-state index is 12.5. The van der Waals surface area contributed by atoms with Gasteiger partial charge in [-0.3, -0.25) is 14.2 Å². The number of carbonyl (C=O) groups excluding carboxylic acids is 1. The lowest BCUT2D eigenvalue weighted by Crippen LogP contribution is -2.19. The van der Waals surface area contributed by atoms with E-state index in [4.69, 9.17) is 10.00 Å². The van der Waals surface area contributed by atoms with Gasteiger partial charge in [0.15, 0.2) is 0 Å². The average molecular weight is 389 g/mol. The standard InChI is InChI=1S/C17H19N5O4S/c18-8-5-17(23)20-13-1-3-16(4-2-13)27(24,25)21-14-11-19-22(12-14)15-6-9-26-10-7-15/h1-4,11-12,15,21H,5-7,9-10H2,(H,20,23). The number of hydrogen-bond acceptors (Lipinski definition) is 6. The van der Waals surface area contributed by atoms with Crippen LogP contribution in [0.15, 0.2) is 41.6 Å². The van der Waals surface area contributed by atoms with Gasteiger partial charge >= 0.3 is 0 Å². The molecular weight excluding hydrogens is 370 g/mol. The van der Waals surface area contributed by atoms with Crippen LogP contribution in [0.5, 0.6) is 0 Å². The fraction of sp³-hybridized carbons (Fsp3) is 0.353. The number of benzene rings is 1. The summed E-state index contributed by atoms with van der Waals surface area (Å²) >= 11 is 0. The van der Waals surface area contributed by atoms with Gasteiger partial charge in [0.25, 0.3) is 10.0 Å². The van der Waals surface area contributed by atoms with E-state index >= 15 is 0 Å². The topological polar surface area (TPSA) is 126 Å². The lowest BCUT2D eigenvalue weighted by Gasteiger charge is -2.22. The quantitative estimate of drug-likeness (QED) is 0.777. The van der Waals surface area contributed by atoms with E-state index in [0.717, 1.165) is 12.8 Å². The fourth-order valence-electron chi connectivity index (χ4n) is 2.75. The third-order valence-corrected chi connectivity index (χ3v) is 5.50. The molecule has 1 saturated heterocycles. The van der Waals surface area contributed by atoms with Gasteiger partial charge in [0.1, 0.15) is 6.42 Å². The largest absolute Gasteiger partial charge is 0.381 e. The van der Waals surface area contributed by atoms with Crippen LogP contribution in [0.2, 0.25) is 0 Å². The number of carbonyl (C=O) groups is 1. The predicted octanol–water partition coefficient (Wildman–Crippen LogP) is 1.89. The summed E-state index contributed by atoms with van der Waals surface area (Å²) in [6.07, 6.45) is 4.56. The molecule has 10 heteroatoms. The van der Waals surface area contributed by atoms with E-state index in [1.54, 1.807) is 16.9 Å². The molecule has 142 valence electrons. The lowest BCUT2D eigenvalue weighted by atomic mass is 10.1. The number of aromatic nitrogens is 2. The second-order valence-electron chi connectivity index (χ2n) is 6.07. The highest BCUT2D eigenvalue weighted by atomic mass is 32.2. The van der Waals surface area contributed by atoms with Crippen LogP contribution in [-0.4, -0.2) is 37.3 Å². The highest BCUT2D eigenvalue weighted by Gasteiger charge is 2.19. The smallest absolute Gasteiger partial charge is 0.261 e. The summed E-state index contributed by atoms with van der Waals surface area (Å²) in [5.74, 6) is -0.452. The van der Waals surface area contributed by atoms with E-state index in [0.29, 0.717) is 24.6 Å². The second kappa shape index (κ2) is 8.20.